The molecule has 0 saturated carbocycles. The first-order chi connectivity index (χ1) is 13.4. The number of hydrogen-bond donors (Lipinski definition) is 3. The molecule has 1 atom stereocenters. The molecule has 0 aliphatic rings. The van der Waals surface area contributed by atoms with E-state index in [1.54, 1.807) is 24.3 Å². The minimum atomic E-state index is -3.91. The number of carbonyl (C=O) groups is 1. The van der Waals surface area contributed by atoms with Crippen LogP contribution < -0.4 is 5.90 Å². The molecule has 0 spiro atoms. The lowest BCUT2D eigenvalue weighted by molar-refractivity contribution is -0.136. The summed E-state index contributed by atoms with van der Waals surface area (Å²) in [7, 11) is -3.91. The summed E-state index contributed by atoms with van der Waals surface area (Å²) in [5.41, 5.74) is 1.75. The lowest BCUT2D eigenvalue weighted by atomic mass is 10.1. The van der Waals surface area contributed by atoms with Crippen LogP contribution in [-0.2, 0) is 14.6 Å². The summed E-state index contributed by atoms with van der Waals surface area (Å²) in [6.07, 6.45) is 3.55. The number of carboxylic acids is 1. The molecule has 154 valence electrons. The summed E-state index contributed by atoms with van der Waals surface area (Å²) in [5, 5.41) is 15.1. The lowest BCUT2D eigenvalue weighted by Gasteiger charge is -2.14. The molecule has 0 heterocycles. The van der Waals surface area contributed by atoms with Gasteiger partial charge in [0.25, 0.3) is 0 Å². The third kappa shape index (κ3) is 6.60. The maximum absolute atomic E-state index is 12.7. The molecular formula is C20H26ClNO5S. The Kier molecular flexibility index (Phi) is 10.2. The second kappa shape index (κ2) is 11.8. The third-order valence-corrected chi connectivity index (χ3v) is 6.70. The molecule has 6 nitrogen and oxygen atoms in total. The van der Waals surface area contributed by atoms with E-state index in [1.165, 1.54) is 12.1 Å². The minimum absolute atomic E-state index is 0.0399. The summed E-state index contributed by atoms with van der Waals surface area (Å²) in [4.78, 5) is 11.6. The van der Waals surface area contributed by atoms with Gasteiger partial charge in [-0.05, 0) is 41.8 Å². The van der Waals surface area contributed by atoms with Crippen molar-refractivity contribution in [3.63, 3.8) is 0 Å². The van der Waals surface area contributed by atoms with Crippen molar-refractivity contribution >= 4 is 27.4 Å². The van der Waals surface area contributed by atoms with E-state index in [1.807, 2.05) is 19.1 Å². The Morgan fingerprint density at radius 1 is 0.964 bits per heavy atom. The molecule has 0 amide bonds. The van der Waals surface area contributed by atoms with Crippen LogP contribution in [0.25, 0.3) is 11.1 Å². The normalized spacial score (nSPS) is 12.0. The second-order valence-electron chi connectivity index (χ2n) is 6.25. The van der Waals surface area contributed by atoms with Crippen LogP contribution >= 0.6 is 11.6 Å². The Morgan fingerprint density at radius 3 is 1.93 bits per heavy atom. The van der Waals surface area contributed by atoms with Crippen molar-refractivity contribution in [1.82, 2.24) is 0 Å². The zero-order valence-corrected chi connectivity index (χ0v) is 17.3. The first-order valence-electron chi connectivity index (χ1n) is 8.94. The van der Waals surface area contributed by atoms with Crippen LogP contribution in [0.3, 0.4) is 0 Å². The number of halogens is 1. The lowest BCUT2D eigenvalue weighted by Crippen LogP contribution is -2.30. The maximum atomic E-state index is 12.7. The number of aliphatic carboxylic acids is 1. The summed E-state index contributed by atoms with van der Waals surface area (Å²) in [5.74, 6) is 2.21. The Morgan fingerprint density at radius 2 is 1.46 bits per heavy atom. The molecular weight excluding hydrogens is 402 g/mol. The predicted molar refractivity (Wildman–Crippen MR) is 110 cm³/mol. The van der Waals surface area contributed by atoms with E-state index in [4.69, 9.17) is 16.8 Å². The predicted octanol–water partition coefficient (Wildman–Crippen LogP) is 4.54. The fourth-order valence-electron chi connectivity index (χ4n) is 2.81. The van der Waals surface area contributed by atoms with Crippen LogP contribution in [0.4, 0.5) is 0 Å². The molecule has 0 bridgehead atoms. The van der Waals surface area contributed by atoms with E-state index in [2.05, 4.69) is 5.90 Å². The summed E-state index contributed by atoms with van der Waals surface area (Å²) < 4.78 is 25.5. The highest BCUT2D eigenvalue weighted by atomic mass is 35.5. The van der Waals surface area contributed by atoms with Crippen molar-refractivity contribution in [3.8, 4) is 11.1 Å². The molecule has 0 saturated heterocycles. The molecule has 0 fully saturated rings. The number of nitrogens with two attached hydrogens (primary N) is 1. The van der Waals surface area contributed by atoms with Crippen LogP contribution in [0.15, 0.2) is 53.4 Å². The first-order valence-corrected chi connectivity index (χ1v) is 10.9. The van der Waals surface area contributed by atoms with Crippen molar-refractivity contribution < 1.29 is 23.5 Å². The zero-order valence-electron chi connectivity index (χ0n) is 15.7. The number of unbranched alkanes of at least 4 members (excludes halogenated alkanes) is 3. The van der Waals surface area contributed by atoms with Crippen LogP contribution in [0.2, 0.25) is 5.02 Å². The highest BCUT2D eigenvalue weighted by Gasteiger charge is 2.33. The van der Waals surface area contributed by atoms with Gasteiger partial charge in [0.1, 0.15) is 0 Å². The van der Waals surface area contributed by atoms with Crippen molar-refractivity contribution in [2.45, 2.75) is 49.2 Å². The highest BCUT2D eigenvalue weighted by Crippen LogP contribution is 2.26. The van der Waals surface area contributed by atoms with E-state index in [0.29, 0.717) is 11.4 Å². The van der Waals surface area contributed by atoms with Gasteiger partial charge in [-0.3, -0.25) is 4.79 Å². The topological polar surface area (TPSA) is 118 Å². The van der Waals surface area contributed by atoms with Crippen molar-refractivity contribution in [2.24, 2.45) is 5.90 Å². The summed E-state index contributed by atoms with van der Waals surface area (Å²) >= 11 is 5.88. The highest BCUT2D eigenvalue weighted by molar-refractivity contribution is 7.92. The Labute approximate surface area is 170 Å². The molecule has 0 aromatic heterocycles. The van der Waals surface area contributed by atoms with E-state index in [9.17, 15) is 18.3 Å². The van der Waals surface area contributed by atoms with Gasteiger partial charge < -0.3 is 10.3 Å². The third-order valence-electron chi connectivity index (χ3n) is 4.33. The Bertz CT molecular complexity index is 836. The van der Waals surface area contributed by atoms with Gasteiger partial charge in [0.15, 0.2) is 15.1 Å². The van der Waals surface area contributed by atoms with Gasteiger partial charge >= 0.3 is 5.97 Å². The van der Waals surface area contributed by atoms with Gasteiger partial charge in [-0.1, -0.05) is 68.5 Å². The van der Waals surface area contributed by atoms with E-state index < -0.39 is 21.1 Å². The van der Waals surface area contributed by atoms with Gasteiger partial charge in [-0.15, -0.1) is 0 Å². The van der Waals surface area contributed by atoms with Gasteiger partial charge in [0.2, 0.25) is 0 Å². The fourth-order valence-corrected chi connectivity index (χ4v) is 4.52. The van der Waals surface area contributed by atoms with Crippen molar-refractivity contribution in [3.05, 3.63) is 53.6 Å². The molecule has 28 heavy (non-hydrogen) atoms. The monoisotopic (exact) mass is 427 g/mol. The average Bonchev–Trinajstić information content (AvgIpc) is 2.69. The van der Waals surface area contributed by atoms with Gasteiger partial charge in [0, 0.05) is 5.02 Å². The molecule has 4 N–H and O–H groups in total. The second-order valence-corrected chi connectivity index (χ2v) is 8.82. The zero-order chi connectivity index (χ0) is 21.2. The van der Waals surface area contributed by atoms with Crippen LogP contribution in [-0.4, -0.2) is 30.0 Å². The van der Waals surface area contributed by atoms with Crippen LogP contribution in [0.1, 0.15) is 39.0 Å². The standard InChI is InChI=1S/C20H23ClO4S.H3NO/c1-2-3-4-5-6-19(20(22)23)26(24,25)18-13-9-16(10-14-18)15-7-11-17(21)12-8-15;1-2/h7-14,19H,2-6H2,1H3,(H,22,23);2H,1H2. The molecule has 0 aliphatic heterocycles. The van der Waals surface area contributed by atoms with E-state index in [-0.39, 0.29) is 11.3 Å². The Balaban J connectivity index is 0.00000190. The number of hydrogen-bond acceptors (Lipinski definition) is 5. The average molecular weight is 428 g/mol. The summed E-state index contributed by atoms with van der Waals surface area (Å²) in [6, 6.07) is 13.5. The van der Waals surface area contributed by atoms with E-state index >= 15 is 0 Å². The molecule has 2 rings (SSSR count). The fraction of sp³-hybridized carbons (Fsp3) is 0.350. The molecule has 2 aromatic carbocycles. The molecule has 0 radical (unpaired) electrons. The summed E-state index contributed by atoms with van der Waals surface area (Å²) in [6.45, 7) is 2.05. The van der Waals surface area contributed by atoms with Crippen LogP contribution in [0, 0.1) is 0 Å². The largest absolute Gasteiger partial charge is 0.480 e. The molecule has 1 unspecified atom stereocenters. The molecule has 2 aromatic rings. The van der Waals surface area contributed by atoms with Crippen molar-refractivity contribution in [1.29, 1.82) is 0 Å². The van der Waals surface area contributed by atoms with Gasteiger partial charge in [-0.2, -0.15) is 0 Å². The molecule has 8 heteroatoms. The van der Waals surface area contributed by atoms with E-state index in [0.717, 1.165) is 30.4 Å². The Hall–Kier alpha value is -1.93. The number of carboxylic acid groups (broad SMARTS) is 1. The number of sulfone groups is 1. The smallest absolute Gasteiger partial charge is 0.322 e. The number of benzene rings is 2. The van der Waals surface area contributed by atoms with Crippen molar-refractivity contribution in [2.75, 3.05) is 0 Å². The SMILES string of the molecule is CCCCCCC(C(=O)O)S(=O)(=O)c1ccc(-c2ccc(Cl)cc2)cc1.NO. The van der Waals surface area contributed by atoms with Gasteiger partial charge in [0.05, 0.1) is 4.90 Å². The molecule has 0 aliphatic carbocycles. The maximum Gasteiger partial charge on any atom is 0.322 e. The number of rotatable bonds is 9. The van der Waals surface area contributed by atoms with Crippen LogP contribution in [0.5, 0.6) is 0 Å². The first kappa shape index (κ1) is 24.1. The van der Waals surface area contributed by atoms with Gasteiger partial charge in [-0.25, -0.2) is 14.3 Å². The quantitative estimate of drug-likeness (QED) is 0.399. The minimum Gasteiger partial charge on any atom is -0.480 e.